The second-order valence-electron chi connectivity index (χ2n) is 8.56. The summed E-state index contributed by atoms with van der Waals surface area (Å²) in [6, 6.07) is 21.2. The second kappa shape index (κ2) is 11.6. The smallest absolute Gasteiger partial charge is 0.255 e. The lowest BCUT2D eigenvalue weighted by molar-refractivity contribution is 0.00341. The fraction of sp³-hybridized carbons (Fsp3) is 0.296. The Kier molecular flexibility index (Phi) is 8.51. The molecule has 0 bridgehead atoms. The van der Waals surface area contributed by atoms with Gasteiger partial charge in [0.2, 0.25) is 0 Å². The van der Waals surface area contributed by atoms with Gasteiger partial charge < -0.3 is 9.64 Å². The third-order valence-electron chi connectivity index (χ3n) is 6.02. The molecule has 1 amide bonds. The maximum atomic E-state index is 12.9. The molecule has 3 aromatic rings. The van der Waals surface area contributed by atoms with E-state index in [0.717, 1.165) is 30.8 Å². The summed E-state index contributed by atoms with van der Waals surface area (Å²) in [6.07, 6.45) is -0.106. The molecule has 1 heterocycles. The SMILES string of the molecule is Cc1cccc(COC(CN2CCN(C(=O)c3ccc(Cl)cc3Cl)CC2)c2ccc(Cl)cc2)c1. The van der Waals surface area contributed by atoms with Gasteiger partial charge in [0.1, 0.15) is 0 Å². The van der Waals surface area contributed by atoms with E-state index < -0.39 is 0 Å². The minimum atomic E-state index is -0.106. The molecule has 0 aromatic heterocycles. The van der Waals surface area contributed by atoms with Gasteiger partial charge in [0, 0.05) is 42.8 Å². The van der Waals surface area contributed by atoms with Gasteiger partial charge >= 0.3 is 0 Å². The first-order chi connectivity index (χ1) is 16.4. The van der Waals surface area contributed by atoms with E-state index >= 15 is 0 Å². The number of halogens is 3. The van der Waals surface area contributed by atoms with Gasteiger partial charge in [-0.1, -0.05) is 76.8 Å². The quantitative estimate of drug-likeness (QED) is 0.351. The second-order valence-corrected chi connectivity index (χ2v) is 9.84. The highest BCUT2D eigenvalue weighted by molar-refractivity contribution is 6.36. The number of benzene rings is 3. The molecule has 1 aliphatic rings. The van der Waals surface area contributed by atoms with E-state index in [1.54, 1.807) is 18.2 Å². The molecule has 4 rings (SSSR count). The van der Waals surface area contributed by atoms with Gasteiger partial charge in [-0.3, -0.25) is 9.69 Å². The van der Waals surface area contributed by atoms with Crippen molar-refractivity contribution in [3.8, 4) is 0 Å². The summed E-state index contributed by atoms with van der Waals surface area (Å²) in [5.41, 5.74) is 3.93. The third-order valence-corrected chi connectivity index (χ3v) is 6.82. The average Bonchev–Trinajstić information content (AvgIpc) is 2.82. The largest absolute Gasteiger partial charge is 0.368 e. The van der Waals surface area contributed by atoms with Crippen molar-refractivity contribution in [2.24, 2.45) is 0 Å². The van der Waals surface area contributed by atoms with Crippen molar-refractivity contribution in [3.63, 3.8) is 0 Å². The molecule has 0 N–H and O–H groups in total. The Morgan fingerprint density at radius 1 is 0.912 bits per heavy atom. The van der Waals surface area contributed by atoms with Gasteiger partial charge in [-0.15, -0.1) is 0 Å². The number of piperazine rings is 1. The molecular formula is C27H27Cl3N2O2. The molecular weight excluding hydrogens is 491 g/mol. The molecule has 4 nitrogen and oxygen atoms in total. The standard InChI is InChI=1S/C27H27Cl3N2O2/c1-19-3-2-4-20(15-19)18-34-26(21-5-7-22(28)8-6-21)17-31-11-13-32(14-12-31)27(33)24-10-9-23(29)16-25(24)30/h2-10,15-16,26H,11-14,17-18H2,1H3. The zero-order valence-corrected chi connectivity index (χ0v) is 21.3. The lowest BCUT2D eigenvalue weighted by Crippen LogP contribution is -2.49. The molecule has 1 unspecified atom stereocenters. The van der Waals surface area contributed by atoms with Gasteiger partial charge in [0.25, 0.3) is 5.91 Å². The molecule has 1 fully saturated rings. The van der Waals surface area contributed by atoms with Gasteiger partial charge in [-0.2, -0.15) is 0 Å². The number of carbonyl (C=O) groups is 1. The highest BCUT2D eigenvalue weighted by Gasteiger charge is 2.26. The molecule has 0 aliphatic carbocycles. The summed E-state index contributed by atoms with van der Waals surface area (Å²) >= 11 is 18.3. The normalized spacial score (nSPS) is 15.4. The first kappa shape index (κ1) is 25.0. The predicted molar refractivity (Wildman–Crippen MR) is 139 cm³/mol. The summed E-state index contributed by atoms with van der Waals surface area (Å²) in [4.78, 5) is 17.1. The summed E-state index contributed by atoms with van der Waals surface area (Å²) in [5.74, 6) is -0.0636. The molecule has 0 radical (unpaired) electrons. The van der Waals surface area contributed by atoms with E-state index in [2.05, 4.69) is 36.1 Å². The van der Waals surface area contributed by atoms with Crippen molar-refractivity contribution in [2.75, 3.05) is 32.7 Å². The Bertz CT molecular complexity index is 1130. The van der Waals surface area contributed by atoms with Crippen molar-refractivity contribution in [3.05, 3.63) is 104 Å². The van der Waals surface area contributed by atoms with Crippen LogP contribution in [0.1, 0.15) is 33.2 Å². The zero-order valence-electron chi connectivity index (χ0n) is 19.0. The van der Waals surface area contributed by atoms with Crippen molar-refractivity contribution in [1.29, 1.82) is 0 Å². The Balaban J connectivity index is 1.39. The van der Waals surface area contributed by atoms with Crippen molar-refractivity contribution in [1.82, 2.24) is 9.80 Å². The number of hydrogen-bond acceptors (Lipinski definition) is 3. The van der Waals surface area contributed by atoms with Crippen LogP contribution in [0.25, 0.3) is 0 Å². The summed E-state index contributed by atoms with van der Waals surface area (Å²) in [7, 11) is 0. The Labute approximate surface area is 216 Å². The van der Waals surface area contributed by atoms with E-state index in [1.165, 1.54) is 5.56 Å². The van der Waals surface area contributed by atoms with Crippen LogP contribution in [0.3, 0.4) is 0 Å². The zero-order chi connectivity index (χ0) is 24.1. The predicted octanol–water partition coefficient (Wildman–Crippen LogP) is 6.67. The fourth-order valence-corrected chi connectivity index (χ4v) is 4.75. The lowest BCUT2D eigenvalue weighted by atomic mass is 10.1. The van der Waals surface area contributed by atoms with Gasteiger partial charge in [-0.25, -0.2) is 0 Å². The van der Waals surface area contributed by atoms with Crippen LogP contribution in [0, 0.1) is 6.92 Å². The van der Waals surface area contributed by atoms with Crippen LogP contribution in [-0.4, -0.2) is 48.4 Å². The van der Waals surface area contributed by atoms with E-state index in [0.29, 0.717) is 40.3 Å². The van der Waals surface area contributed by atoms with E-state index in [-0.39, 0.29) is 12.0 Å². The number of nitrogens with zero attached hydrogens (tertiary/aromatic N) is 2. The van der Waals surface area contributed by atoms with E-state index in [4.69, 9.17) is 39.5 Å². The molecule has 1 atom stereocenters. The van der Waals surface area contributed by atoms with Crippen LogP contribution in [0.4, 0.5) is 0 Å². The molecule has 178 valence electrons. The van der Waals surface area contributed by atoms with Crippen LogP contribution in [0.5, 0.6) is 0 Å². The maximum Gasteiger partial charge on any atom is 0.255 e. The molecule has 0 saturated carbocycles. The van der Waals surface area contributed by atoms with Crippen LogP contribution in [0.15, 0.2) is 66.7 Å². The first-order valence-corrected chi connectivity index (χ1v) is 12.4. The summed E-state index contributed by atoms with van der Waals surface area (Å²) in [6.45, 7) is 6.12. The monoisotopic (exact) mass is 516 g/mol. The molecule has 3 aromatic carbocycles. The van der Waals surface area contributed by atoms with Crippen molar-refractivity contribution in [2.45, 2.75) is 19.6 Å². The Hall–Kier alpha value is -2.08. The number of aryl methyl sites for hydroxylation is 1. The first-order valence-electron chi connectivity index (χ1n) is 11.3. The maximum absolute atomic E-state index is 12.9. The average molecular weight is 518 g/mol. The van der Waals surface area contributed by atoms with Gasteiger partial charge in [-0.05, 0) is 48.4 Å². The van der Waals surface area contributed by atoms with Crippen molar-refractivity contribution >= 4 is 40.7 Å². The molecule has 34 heavy (non-hydrogen) atoms. The number of ether oxygens (including phenoxy) is 1. The molecule has 1 saturated heterocycles. The summed E-state index contributed by atoms with van der Waals surface area (Å²) < 4.78 is 6.39. The lowest BCUT2D eigenvalue weighted by Gasteiger charge is -2.36. The minimum Gasteiger partial charge on any atom is -0.368 e. The highest BCUT2D eigenvalue weighted by Crippen LogP contribution is 2.25. The van der Waals surface area contributed by atoms with Gasteiger partial charge in [0.05, 0.1) is 23.3 Å². The van der Waals surface area contributed by atoms with E-state index in [9.17, 15) is 4.79 Å². The highest BCUT2D eigenvalue weighted by atomic mass is 35.5. The van der Waals surface area contributed by atoms with Crippen molar-refractivity contribution < 1.29 is 9.53 Å². The summed E-state index contributed by atoms with van der Waals surface area (Å²) in [5, 5.41) is 1.60. The number of hydrogen-bond donors (Lipinski definition) is 0. The fourth-order valence-electron chi connectivity index (χ4n) is 4.13. The van der Waals surface area contributed by atoms with Crippen LogP contribution in [-0.2, 0) is 11.3 Å². The molecule has 1 aliphatic heterocycles. The molecule has 7 heteroatoms. The Morgan fingerprint density at radius 3 is 2.29 bits per heavy atom. The number of amides is 1. The van der Waals surface area contributed by atoms with Crippen LogP contribution < -0.4 is 0 Å². The van der Waals surface area contributed by atoms with Crippen LogP contribution >= 0.6 is 34.8 Å². The number of carbonyl (C=O) groups excluding carboxylic acids is 1. The Morgan fingerprint density at radius 2 is 1.62 bits per heavy atom. The van der Waals surface area contributed by atoms with Gasteiger partial charge in [0.15, 0.2) is 0 Å². The number of rotatable bonds is 7. The van der Waals surface area contributed by atoms with Crippen LogP contribution in [0.2, 0.25) is 15.1 Å². The van der Waals surface area contributed by atoms with E-state index in [1.807, 2.05) is 29.2 Å². The third kappa shape index (κ3) is 6.53. The molecule has 0 spiro atoms. The minimum absolute atomic E-state index is 0.0636. The topological polar surface area (TPSA) is 32.8 Å².